The molecule has 3 unspecified atom stereocenters. The van der Waals surface area contributed by atoms with Crippen LogP contribution in [-0.4, -0.2) is 15.6 Å². The number of hydrogen-bond donors (Lipinski definition) is 0. The van der Waals surface area contributed by atoms with Crippen LogP contribution in [0.15, 0.2) is 30.3 Å². The van der Waals surface area contributed by atoms with Crippen LogP contribution in [0.5, 0.6) is 0 Å². The summed E-state index contributed by atoms with van der Waals surface area (Å²) in [5, 5.41) is 0. The van der Waals surface area contributed by atoms with Crippen LogP contribution in [0.3, 0.4) is 0 Å². The number of benzene rings is 1. The molecule has 1 saturated carbocycles. The highest BCUT2D eigenvalue weighted by Gasteiger charge is 2.52. The van der Waals surface area contributed by atoms with Crippen LogP contribution in [0.1, 0.15) is 43.2 Å². The van der Waals surface area contributed by atoms with Crippen molar-refractivity contribution < 1.29 is 0 Å². The number of allylic oxidation sites excluding steroid dienone is 1. The van der Waals surface area contributed by atoms with Gasteiger partial charge in [0.05, 0.1) is 4.08 Å². The van der Waals surface area contributed by atoms with Crippen molar-refractivity contribution in [3.05, 3.63) is 41.5 Å². The fraction of sp³-hybridized carbons (Fsp3) is 0.600. The highest BCUT2D eigenvalue weighted by Crippen LogP contribution is 2.63. The lowest BCUT2D eigenvalue weighted by atomic mass is 9.60. The molecule has 0 bridgehead atoms. The van der Waals surface area contributed by atoms with Crippen LogP contribution < -0.4 is 0 Å². The molecule has 1 aromatic rings. The predicted molar refractivity (Wildman–Crippen MR) is 99.3 cm³/mol. The number of hydrogen-bond acceptors (Lipinski definition) is 2. The Morgan fingerprint density at radius 1 is 0.955 bits per heavy atom. The first-order valence-electron chi connectivity index (χ1n) is 8.96. The van der Waals surface area contributed by atoms with Gasteiger partial charge in [0.2, 0.25) is 0 Å². The van der Waals surface area contributed by atoms with Gasteiger partial charge in [-0.15, -0.1) is 23.5 Å². The van der Waals surface area contributed by atoms with E-state index in [1.54, 1.807) is 16.7 Å². The molecule has 5 rings (SSSR count). The molecular weight excluding hydrogens is 304 g/mol. The number of rotatable bonds is 0. The van der Waals surface area contributed by atoms with Gasteiger partial charge in [0.15, 0.2) is 0 Å². The molecule has 1 aliphatic heterocycles. The average Bonchev–Trinajstić information content (AvgIpc) is 3.04. The van der Waals surface area contributed by atoms with Gasteiger partial charge in [-0.25, -0.2) is 0 Å². The molecule has 0 N–H and O–H groups in total. The zero-order valence-corrected chi connectivity index (χ0v) is 14.7. The molecule has 1 saturated heterocycles. The third-order valence-electron chi connectivity index (χ3n) is 6.40. The minimum absolute atomic E-state index is 0.418. The molecule has 22 heavy (non-hydrogen) atoms. The Hall–Kier alpha value is -0.340. The Morgan fingerprint density at radius 3 is 2.68 bits per heavy atom. The zero-order valence-electron chi connectivity index (χ0n) is 13.1. The monoisotopic (exact) mass is 328 g/mol. The van der Waals surface area contributed by atoms with Gasteiger partial charge in [0.25, 0.3) is 0 Å². The van der Waals surface area contributed by atoms with E-state index < -0.39 is 0 Å². The minimum atomic E-state index is 0.418. The van der Waals surface area contributed by atoms with Crippen LogP contribution in [0, 0.1) is 17.8 Å². The second-order valence-corrected chi connectivity index (χ2v) is 10.4. The first kappa shape index (κ1) is 14.0. The predicted octanol–water partition coefficient (Wildman–Crippen LogP) is 5.63. The molecule has 4 aliphatic rings. The highest BCUT2D eigenvalue weighted by atomic mass is 32.2. The van der Waals surface area contributed by atoms with Gasteiger partial charge in [0.1, 0.15) is 0 Å². The zero-order chi connectivity index (χ0) is 14.6. The maximum absolute atomic E-state index is 2.75. The van der Waals surface area contributed by atoms with Crippen molar-refractivity contribution in [2.45, 2.75) is 42.6 Å². The van der Waals surface area contributed by atoms with E-state index in [1.165, 1.54) is 50.0 Å². The van der Waals surface area contributed by atoms with Crippen molar-refractivity contribution in [1.82, 2.24) is 0 Å². The van der Waals surface area contributed by atoms with Crippen molar-refractivity contribution in [2.75, 3.05) is 11.5 Å². The molecule has 3 aliphatic carbocycles. The molecule has 2 heteroatoms. The van der Waals surface area contributed by atoms with Gasteiger partial charge >= 0.3 is 0 Å². The number of aryl methyl sites for hydroxylation is 1. The Bertz CT molecular complexity index is 612. The van der Waals surface area contributed by atoms with E-state index in [-0.39, 0.29) is 0 Å². The maximum Gasteiger partial charge on any atom is 0.0828 e. The van der Waals surface area contributed by atoms with Crippen LogP contribution in [0.4, 0.5) is 0 Å². The lowest BCUT2D eigenvalue weighted by molar-refractivity contribution is 0.172. The summed E-state index contributed by atoms with van der Waals surface area (Å²) >= 11 is 4.54. The van der Waals surface area contributed by atoms with Gasteiger partial charge in [-0.1, -0.05) is 43.2 Å². The van der Waals surface area contributed by atoms with Crippen molar-refractivity contribution >= 4 is 29.1 Å². The van der Waals surface area contributed by atoms with E-state index in [2.05, 4.69) is 53.9 Å². The van der Waals surface area contributed by atoms with Crippen molar-refractivity contribution in [3.8, 4) is 0 Å². The third-order valence-corrected chi connectivity index (χ3v) is 9.93. The van der Waals surface area contributed by atoms with E-state index in [0.29, 0.717) is 4.08 Å². The molecule has 0 aromatic heterocycles. The Morgan fingerprint density at radius 2 is 1.77 bits per heavy atom. The van der Waals surface area contributed by atoms with Gasteiger partial charge in [-0.3, -0.25) is 0 Å². The third kappa shape index (κ3) is 1.99. The second-order valence-electron chi connectivity index (χ2n) is 7.38. The molecule has 1 heterocycles. The van der Waals surface area contributed by atoms with E-state index in [9.17, 15) is 0 Å². The largest absolute Gasteiger partial charge is 0.139 e. The molecule has 0 nitrogen and oxygen atoms in total. The van der Waals surface area contributed by atoms with E-state index in [0.717, 1.165) is 17.8 Å². The Kier molecular flexibility index (Phi) is 3.41. The van der Waals surface area contributed by atoms with Crippen LogP contribution in [-0.2, 0) is 6.42 Å². The Labute approximate surface area is 142 Å². The fourth-order valence-electron chi connectivity index (χ4n) is 5.52. The molecule has 0 amide bonds. The van der Waals surface area contributed by atoms with Crippen molar-refractivity contribution in [3.63, 3.8) is 0 Å². The van der Waals surface area contributed by atoms with Crippen LogP contribution >= 0.6 is 23.5 Å². The molecule has 1 aromatic carbocycles. The first-order valence-corrected chi connectivity index (χ1v) is 10.9. The first-order chi connectivity index (χ1) is 10.9. The van der Waals surface area contributed by atoms with Gasteiger partial charge < -0.3 is 0 Å². The van der Waals surface area contributed by atoms with E-state index in [1.807, 2.05) is 0 Å². The molecule has 1 spiro atoms. The highest BCUT2D eigenvalue weighted by molar-refractivity contribution is 8.21. The normalized spacial score (nSPS) is 35.5. The van der Waals surface area contributed by atoms with Gasteiger partial charge in [-0.05, 0) is 60.1 Å². The standard InChI is InChI=1S/C20H24S2/c1-2-6-15-14(5-1)9-10-16-17-7-3-4-8-19(17)20(13-18(15)16)21-11-12-22-20/h1-2,5-6,13,16-17,19H,3-4,7-12H2. The van der Waals surface area contributed by atoms with E-state index >= 15 is 0 Å². The lowest BCUT2D eigenvalue weighted by Crippen LogP contribution is -2.44. The molecule has 116 valence electrons. The van der Waals surface area contributed by atoms with Gasteiger partial charge in [0, 0.05) is 11.5 Å². The number of thioether (sulfide) groups is 2. The lowest BCUT2D eigenvalue weighted by Gasteiger charge is -2.51. The minimum Gasteiger partial charge on any atom is -0.139 e. The second kappa shape index (κ2) is 5.34. The SMILES string of the molecule is C1=C2c3ccccc3CCC2C2CCCCC2C12SCCS2. The Balaban J connectivity index is 1.67. The molecule has 2 fully saturated rings. The smallest absolute Gasteiger partial charge is 0.0828 e. The molecule has 0 radical (unpaired) electrons. The molecular formula is C20H24S2. The summed E-state index contributed by atoms with van der Waals surface area (Å²) in [6, 6.07) is 9.23. The average molecular weight is 329 g/mol. The summed E-state index contributed by atoms with van der Waals surface area (Å²) in [7, 11) is 0. The summed E-state index contributed by atoms with van der Waals surface area (Å²) in [5.74, 6) is 5.46. The topological polar surface area (TPSA) is 0 Å². The van der Waals surface area contributed by atoms with Crippen LogP contribution in [0.25, 0.3) is 5.57 Å². The van der Waals surface area contributed by atoms with Crippen molar-refractivity contribution in [1.29, 1.82) is 0 Å². The molecule has 3 atom stereocenters. The fourth-order valence-corrected chi connectivity index (χ4v) is 9.09. The maximum atomic E-state index is 2.75. The summed E-state index contributed by atoms with van der Waals surface area (Å²) in [4.78, 5) is 0. The summed E-state index contributed by atoms with van der Waals surface area (Å²) in [5.41, 5.74) is 4.92. The van der Waals surface area contributed by atoms with Crippen LogP contribution in [0.2, 0.25) is 0 Å². The summed E-state index contributed by atoms with van der Waals surface area (Å²) in [6.07, 6.45) is 11.4. The summed E-state index contributed by atoms with van der Waals surface area (Å²) < 4.78 is 0.418. The van der Waals surface area contributed by atoms with Crippen molar-refractivity contribution in [2.24, 2.45) is 17.8 Å². The quantitative estimate of drug-likeness (QED) is 0.605. The number of fused-ring (bicyclic) bond motifs is 6. The van der Waals surface area contributed by atoms with Gasteiger partial charge in [-0.2, -0.15) is 0 Å². The van der Waals surface area contributed by atoms with E-state index in [4.69, 9.17) is 0 Å². The summed E-state index contributed by atoms with van der Waals surface area (Å²) in [6.45, 7) is 0.